The molecule has 3 aliphatic rings. The molecule has 0 radical (unpaired) electrons. The SMILES string of the molecule is CC.O=C1CCC(C2=NC3(CNC3)CO2)C(=O)N1. The van der Waals surface area contributed by atoms with E-state index >= 15 is 0 Å². The minimum Gasteiger partial charge on any atom is -0.478 e. The Morgan fingerprint density at radius 2 is 2.06 bits per heavy atom. The normalized spacial score (nSPS) is 28.6. The van der Waals surface area contributed by atoms with Crippen LogP contribution in [-0.2, 0) is 14.3 Å². The maximum absolute atomic E-state index is 11.6. The smallest absolute Gasteiger partial charge is 0.239 e. The van der Waals surface area contributed by atoms with Crippen LogP contribution in [0.4, 0.5) is 0 Å². The summed E-state index contributed by atoms with van der Waals surface area (Å²) in [5.41, 5.74) is -0.142. The first-order valence-electron chi connectivity index (χ1n) is 6.46. The van der Waals surface area contributed by atoms with E-state index in [-0.39, 0.29) is 23.3 Å². The second kappa shape index (κ2) is 5.06. The van der Waals surface area contributed by atoms with Crippen molar-refractivity contribution >= 4 is 17.7 Å². The van der Waals surface area contributed by atoms with Crippen LogP contribution in [0.3, 0.4) is 0 Å². The van der Waals surface area contributed by atoms with Crippen molar-refractivity contribution in [2.75, 3.05) is 19.7 Å². The molecule has 0 saturated carbocycles. The quantitative estimate of drug-likeness (QED) is 0.636. The third kappa shape index (κ3) is 2.25. The zero-order chi connectivity index (χ0) is 13.2. The molecular formula is C12H19N3O3. The standard InChI is InChI=1S/C10H13N3O3.C2H6/c14-7-2-1-6(8(15)12-7)9-13-10(5-16-9)3-11-4-10;1-2/h6,11H,1-5H2,(H,12,14,15);1-2H3. The van der Waals surface area contributed by atoms with Gasteiger partial charge in [0, 0.05) is 19.5 Å². The molecule has 0 aromatic carbocycles. The predicted octanol–water partition coefficient (Wildman–Crippen LogP) is -0.164. The van der Waals surface area contributed by atoms with Crippen LogP contribution < -0.4 is 10.6 Å². The van der Waals surface area contributed by atoms with Gasteiger partial charge in [0.05, 0.1) is 0 Å². The van der Waals surface area contributed by atoms with Gasteiger partial charge in [-0.1, -0.05) is 13.8 Å². The van der Waals surface area contributed by atoms with E-state index in [4.69, 9.17) is 4.74 Å². The number of hydrogen-bond donors (Lipinski definition) is 2. The fourth-order valence-electron chi connectivity index (χ4n) is 2.21. The largest absolute Gasteiger partial charge is 0.478 e. The van der Waals surface area contributed by atoms with E-state index in [2.05, 4.69) is 15.6 Å². The summed E-state index contributed by atoms with van der Waals surface area (Å²) in [5, 5.41) is 5.46. The third-order valence-electron chi connectivity index (χ3n) is 3.28. The Morgan fingerprint density at radius 1 is 1.33 bits per heavy atom. The Hall–Kier alpha value is -1.43. The van der Waals surface area contributed by atoms with Gasteiger partial charge in [-0.05, 0) is 6.42 Å². The van der Waals surface area contributed by atoms with Crippen molar-refractivity contribution in [3.05, 3.63) is 0 Å². The maximum atomic E-state index is 11.6. The van der Waals surface area contributed by atoms with Crippen molar-refractivity contribution in [1.82, 2.24) is 10.6 Å². The minimum atomic E-state index is -0.377. The average molecular weight is 253 g/mol. The molecule has 3 heterocycles. The second-order valence-corrected chi connectivity index (χ2v) is 4.57. The van der Waals surface area contributed by atoms with Gasteiger partial charge >= 0.3 is 0 Å². The van der Waals surface area contributed by atoms with Crippen molar-refractivity contribution in [1.29, 1.82) is 0 Å². The van der Waals surface area contributed by atoms with Gasteiger partial charge in [-0.15, -0.1) is 0 Å². The highest BCUT2D eigenvalue weighted by Crippen LogP contribution is 2.27. The van der Waals surface area contributed by atoms with Crippen LogP contribution in [0, 0.1) is 5.92 Å². The number of carbonyl (C=O) groups is 2. The first kappa shape index (κ1) is 13.0. The highest BCUT2D eigenvalue weighted by atomic mass is 16.5. The Bertz CT molecular complexity index is 388. The molecule has 6 nitrogen and oxygen atoms in total. The Labute approximate surface area is 106 Å². The molecular weight excluding hydrogens is 234 g/mol. The zero-order valence-electron chi connectivity index (χ0n) is 10.8. The van der Waals surface area contributed by atoms with E-state index in [1.807, 2.05) is 13.8 Å². The Balaban J connectivity index is 0.000000574. The molecule has 1 spiro atoms. The van der Waals surface area contributed by atoms with Crippen LogP contribution >= 0.6 is 0 Å². The van der Waals surface area contributed by atoms with E-state index in [1.165, 1.54) is 0 Å². The molecule has 3 aliphatic heterocycles. The molecule has 0 aliphatic carbocycles. The van der Waals surface area contributed by atoms with Gasteiger partial charge in [-0.2, -0.15) is 0 Å². The number of rotatable bonds is 1. The molecule has 2 N–H and O–H groups in total. The van der Waals surface area contributed by atoms with Crippen molar-refractivity contribution < 1.29 is 14.3 Å². The highest BCUT2D eigenvalue weighted by Gasteiger charge is 2.45. The summed E-state index contributed by atoms with van der Waals surface area (Å²) in [7, 11) is 0. The monoisotopic (exact) mass is 253 g/mol. The van der Waals surface area contributed by atoms with Crippen LogP contribution in [-0.4, -0.2) is 42.9 Å². The van der Waals surface area contributed by atoms with Crippen LogP contribution in [0.5, 0.6) is 0 Å². The summed E-state index contributed by atoms with van der Waals surface area (Å²) in [6, 6.07) is 0. The minimum absolute atomic E-state index is 0.142. The number of hydrogen-bond acceptors (Lipinski definition) is 5. The summed E-state index contributed by atoms with van der Waals surface area (Å²) >= 11 is 0. The molecule has 2 amide bonds. The number of ether oxygens (including phenoxy) is 1. The lowest BCUT2D eigenvalue weighted by Gasteiger charge is -2.33. The maximum Gasteiger partial charge on any atom is 0.239 e. The summed E-state index contributed by atoms with van der Waals surface area (Å²) < 4.78 is 5.49. The summed E-state index contributed by atoms with van der Waals surface area (Å²) in [6.07, 6.45) is 0.872. The van der Waals surface area contributed by atoms with Crippen molar-refractivity contribution in [3.8, 4) is 0 Å². The fraction of sp³-hybridized carbons (Fsp3) is 0.750. The van der Waals surface area contributed by atoms with Gasteiger partial charge in [0.1, 0.15) is 18.1 Å². The fourth-order valence-corrected chi connectivity index (χ4v) is 2.21. The molecule has 2 fully saturated rings. The first-order chi connectivity index (χ1) is 8.69. The molecule has 3 rings (SSSR count). The first-order valence-corrected chi connectivity index (χ1v) is 6.46. The molecule has 1 unspecified atom stereocenters. The summed E-state index contributed by atoms with van der Waals surface area (Å²) in [5.74, 6) is -0.358. The van der Waals surface area contributed by atoms with Gasteiger partial charge in [-0.25, -0.2) is 4.99 Å². The van der Waals surface area contributed by atoms with E-state index in [0.29, 0.717) is 25.3 Å². The Kier molecular flexibility index (Phi) is 3.65. The Morgan fingerprint density at radius 3 is 2.56 bits per heavy atom. The van der Waals surface area contributed by atoms with Gasteiger partial charge in [0.2, 0.25) is 11.8 Å². The molecule has 6 heteroatoms. The van der Waals surface area contributed by atoms with Crippen LogP contribution in [0.2, 0.25) is 0 Å². The predicted molar refractivity (Wildman–Crippen MR) is 66.2 cm³/mol. The molecule has 2 saturated heterocycles. The van der Waals surface area contributed by atoms with Crippen molar-refractivity contribution in [3.63, 3.8) is 0 Å². The third-order valence-corrected chi connectivity index (χ3v) is 3.28. The van der Waals surface area contributed by atoms with Crippen LogP contribution in [0.15, 0.2) is 4.99 Å². The number of aliphatic imine (C=N–C) groups is 1. The van der Waals surface area contributed by atoms with Gasteiger partial charge in [0.25, 0.3) is 0 Å². The average Bonchev–Trinajstić information content (AvgIpc) is 2.76. The molecule has 0 bridgehead atoms. The molecule has 0 aromatic heterocycles. The van der Waals surface area contributed by atoms with E-state index < -0.39 is 0 Å². The van der Waals surface area contributed by atoms with Crippen molar-refractivity contribution in [2.24, 2.45) is 10.9 Å². The van der Waals surface area contributed by atoms with E-state index in [9.17, 15) is 9.59 Å². The van der Waals surface area contributed by atoms with E-state index in [1.54, 1.807) is 0 Å². The number of nitrogens with zero attached hydrogens (tertiary/aromatic N) is 1. The van der Waals surface area contributed by atoms with E-state index in [0.717, 1.165) is 13.1 Å². The number of amides is 2. The number of imide groups is 1. The van der Waals surface area contributed by atoms with Crippen LogP contribution in [0.1, 0.15) is 26.7 Å². The van der Waals surface area contributed by atoms with Gasteiger partial charge < -0.3 is 10.1 Å². The van der Waals surface area contributed by atoms with Crippen molar-refractivity contribution in [2.45, 2.75) is 32.2 Å². The zero-order valence-corrected chi connectivity index (χ0v) is 10.8. The van der Waals surface area contributed by atoms with Gasteiger partial charge in [-0.3, -0.25) is 14.9 Å². The highest BCUT2D eigenvalue weighted by molar-refractivity contribution is 6.09. The topological polar surface area (TPSA) is 79.8 Å². The number of carbonyl (C=O) groups excluding carboxylic acids is 2. The second-order valence-electron chi connectivity index (χ2n) is 4.57. The molecule has 0 aromatic rings. The molecule has 100 valence electrons. The number of piperidine rings is 1. The molecule has 18 heavy (non-hydrogen) atoms. The van der Waals surface area contributed by atoms with Gasteiger partial charge in [0.15, 0.2) is 5.90 Å². The number of nitrogens with one attached hydrogen (secondary N) is 2. The summed E-state index contributed by atoms with van der Waals surface area (Å²) in [4.78, 5) is 27.1. The lowest BCUT2D eigenvalue weighted by atomic mass is 9.94. The lowest BCUT2D eigenvalue weighted by molar-refractivity contribution is -0.134. The summed E-state index contributed by atoms with van der Waals surface area (Å²) in [6.45, 7) is 6.17. The van der Waals surface area contributed by atoms with Crippen LogP contribution in [0.25, 0.3) is 0 Å². The lowest BCUT2D eigenvalue weighted by Crippen LogP contribution is -2.59. The molecule has 1 atom stereocenters.